The summed E-state index contributed by atoms with van der Waals surface area (Å²) in [6.45, 7) is 5.28. The number of nitrogens with one attached hydrogen (secondary N) is 2. The SMILES string of the molecule is CCc1cc(NCC2CCCNC2)nc(-c2cccc(Cl)c2)n1. The molecule has 1 unspecified atom stereocenters. The number of hydrogen-bond acceptors (Lipinski definition) is 4. The third-order valence-electron chi connectivity index (χ3n) is 4.20. The van der Waals surface area contributed by atoms with Crippen LogP contribution in [0.2, 0.25) is 5.02 Å². The summed E-state index contributed by atoms with van der Waals surface area (Å²) in [4.78, 5) is 9.31. The van der Waals surface area contributed by atoms with Crippen molar-refractivity contribution in [3.63, 3.8) is 0 Å². The van der Waals surface area contributed by atoms with Gasteiger partial charge in [0.2, 0.25) is 0 Å². The van der Waals surface area contributed by atoms with E-state index in [1.165, 1.54) is 12.8 Å². The Morgan fingerprint density at radius 2 is 2.22 bits per heavy atom. The van der Waals surface area contributed by atoms with Crippen molar-refractivity contribution in [1.82, 2.24) is 15.3 Å². The summed E-state index contributed by atoms with van der Waals surface area (Å²) in [7, 11) is 0. The van der Waals surface area contributed by atoms with Gasteiger partial charge in [0.1, 0.15) is 5.82 Å². The number of benzene rings is 1. The van der Waals surface area contributed by atoms with E-state index < -0.39 is 0 Å². The van der Waals surface area contributed by atoms with Crippen molar-refractivity contribution in [1.29, 1.82) is 0 Å². The highest BCUT2D eigenvalue weighted by atomic mass is 35.5. The molecule has 1 aromatic carbocycles. The van der Waals surface area contributed by atoms with Crippen LogP contribution in [0.25, 0.3) is 11.4 Å². The van der Waals surface area contributed by atoms with Gasteiger partial charge in [0.25, 0.3) is 0 Å². The van der Waals surface area contributed by atoms with E-state index in [1.54, 1.807) is 0 Å². The monoisotopic (exact) mass is 330 g/mol. The van der Waals surface area contributed by atoms with Gasteiger partial charge in [-0.05, 0) is 50.4 Å². The zero-order chi connectivity index (χ0) is 16.1. The second-order valence-electron chi connectivity index (χ2n) is 6.03. The van der Waals surface area contributed by atoms with Crippen LogP contribution in [0.15, 0.2) is 30.3 Å². The molecular formula is C18H23ClN4. The van der Waals surface area contributed by atoms with E-state index in [0.717, 1.165) is 49.0 Å². The molecule has 0 aliphatic carbocycles. The van der Waals surface area contributed by atoms with Crippen LogP contribution in [-0.2, 0) is 6.42 Å². The molecule has 1 aliphatic heterocycles. The fraction of sp³-hybridized carbons (Fsp3) is 0.444. The summed E-state index contributed by atoms with van der Waals surface area (Å²) >= 11 is 6.09. The molecule has 1 saturated heterocycles. The Hall–Kier alpha value is -1.65. The maximum Gasteiger partial charge on any atom is 0.161 e. The molecule has 5 heteroatoms. The van der Waals surface area contributed by atoms with E-state index in [2.05, 4.69) is 27.5 Å². The van der Waals surface area contributed by atoms with Crippen molar-refractivity contribution in [3.05, 3.63) is 41.0 Å². The van der Waals surface area contributed by atoms with E-state index >= 15 is 0 Å². The van der Waals surface area contributed by atoms with Crippen LogP contribution in [0.1, 0.15) is 25.5 Å². The number of piperidine rings is 1. The molecule has 0 spiro atoms. The zero-order valence-corrected chi connectivity index (χ0v) is 14.2. The lowest BCUT2D eigenvalue weighted by molar-refractivity contribution is 0.392. The van der Waals surface area contributed by atoms with Gasteiger partial charge in [-0.1, -0.05) is 30.7 Å². The molecule has 0 bridgehead atoms. The normalized spacial score (nSPS) is 17.9. The van der Waals surface area contributed by atoms with E-state index in [1.807, 2.05) is 30.3 Å². The molecular weight excluding hydrogens is 308 g/mol. The highest BCUT2D eigenvalue weighted by Gasteiger charge is 2.13. The van der Waals surface area contributed by atoms with E-state index in [4.69, 9.17) is 11.6 Å². The highest BCUT2D eigenvalue weighted by molar-refractivity contribution is 6.30. The summed E-state index contributed by atoms with van der Waals surface area (Å²) in [5, 5.41) is 7.64. The lowest BCUT2D eigenvalue weighted by Crippen LogP contribution is -2.33. The van der Waals surface area contributed by atoms with Gasteiger partial charge < -0.3 is 10.6 Å². The van der Waals surface area contributed by atoms with Crippen molar-refractivity contribution in [3.8, 4) is 11.4 Å². The first-order valence-electron chi connectivity index (χ1n) is 8.33. The summed E-state index contributed by atoms with van der Waals surface area (Å²) in [6, 6.07) is 9.75. The second kappa shape index (κ2) is 7.75. The van der Waals surface area contributed by atoms with Crippen molar-refractivity contribution in [2.24, 2.45) is 5.92 Å². The molecule has 1 atom stereocenters. The van der Waals surface area contributed by atoms with Gasteiger partial charge in [0, 0.05) is 28.9 Å². The molecule has 4 nitrogen and oxygen atoms in total. The quantitative estimate of drug-likeness (QED) is 0.876. The Morgan fingerprint density at radius 1 is 1.30 bits per heavy atom. The Labute approximate surface area is 142 Å². The number of nitrogens with zero attached hydrogens (tertiary/aromatic N) is 2. The molecule has 0 amide bonds. The predicted octanol–water partition coefficient (Wildman–Crippen LogP) is 3.77. The van der Waals surface area contributed by atoms with Crippen molar-refractivity contribution in [2.75, 3.05) is 25.0 Å². The Bertz CT molecular complexity index is 653. The fourth-order valence-electron chi connectivity index (χ4n) is 2.87. The molecule has 23 heavy (non-hydrogen) atoms. The summed E-state index contributed by atoms with van der Waals surface area (Å²) in [6.07, 6.45) is 3.41. The minimum atomic E-state index is 0.665. The lowest BCUT2D eigenvalue weighted by atomic mass is 10.00. The summed E-state index contributed by atoms with van der Waals surface area (Å²) in [5.74, 6) is 2.30. The first kappa shape index (κ1) is 16.2. The van der Waals surface area contributed by atoms with Gasteiger partial charge in [-0.3, -0.25) is 0 Å². The fourth-order valence-corrected chi connectivity index (χ4v) is 3.06. The maximum absolute atomic E-state index is 6.09. The minimum Gasteiger partial charge on any atom is -0.370 e. The average Bonchev–Trinajstić information content (AvgIpc) is 2.60. The number of aryl methyl sites for hydroxylation is 1. The number of halogens is 1. The van der Waals surface area contributed by atoms with Crippen LogP contribution < -0.4 is 10.6 Å². The molecule has 1 fully saturated rings. The first-order valence-corrected chi connectivity index (χ1v) is 8.71. The standard InChI is InChI=1S/C18H23ClN4/c1-2-16-10-17(21-12-13-5-4-8-20-11-13)23-18(22-16)14-6-3-7-15(19)9-14/h3,6-7,9-10,13,20H,2,4-5,8,11-12H2,1H3,(H,21,22,23). The smallest absolute Gasteiger partial charge is 0.161 e. The molecule has 0 radical (unpaired) electrons. The van der Waals surface area contributed by atoms with Crippen LogP contribution >= 0.6 is 11.6 Å². The first-order chi connectivity index (χ1) is 11.2. The van der Waals surface area contributed by atoms with Gasteiger partial charge in [-0.25, -0.2) is 9.97 Å². The third kappa shape index (κ3) is 4.43. The predicted molar refractivity (Wildman–Crippen MR) is 95.9 cm³/mol. The molecule has 3 rings (SSSR count). The molecule has 1 aliphatic rings. The van der Waals surface area contributed by atoms with Gasteiger partial charge in [0.05, 0.1) is 0 Å². The van der Waals surface area contributed by atoms with Gasteiger partial charge >= 0.3 is 0 Å². The van der Waals surface area contributed by atoms with Crippen molar-refractivity contribution >= 4 is 17.4 Å². The molecule has 0 saturated carbocycles. The molecule has 2 aromatic rings. The molecule has 1 aromatic heterocycles. The Balaban J connectivity index is 1.78. The lowest BCUT2D eigenvalue weighted by Gasteiger charge is -2.23. The van der Waals surface area contributed by atoms with Gasteiger partial charge in [-0.15, -0.1) is 0 Å². The van der Waals surface area contributed by atoms with Crippen LogP contribution in [-0.4, -0.2) is 29.6 Å². The second-order valence-corrected chi connectivity index (χ2v) is 6.46. The summed E-state index contributed by atoms with van der Waals surface area (Å²) < 4.78 is 0. The van der Waals surface area contributed by atoms with Crippen molar-refractivity contribution < 1.29 is 0 Å². The van der Waals surface area contributed by atoms with E-state index in [0.29, 0.717) is 10.9 Å². The van der Waals surface area contributed by atoms with Crippen LogP contribution in [0.5, 0.6) is 0 Å². The van der Waals surface area contributed by atoms with Crippen molar-refractivity contribution in [2.45, 2.75) is 26.2 Å². The van der Waals surface area contributed by atoms with E-state index in [-0.39, 0.29) is 0 Å². The maximum atomic E-state index is 6.09. The van der Waals surface area contributed by atoms with Crippen LogP contribution in [0.4, 0.5) is 5.82 Å². The number of anilines is 1. The average molecular weight is 331 g/mol. The number of rotatable bonds is 5. The number of hydrogen-bond donors (Lipinski definition) is 2. The summed E-state index contributed by atoms with van der Waals surface area (Å²) in [5.41, 5.74) is 1.99. The molecule has 2 N–H and O–H groups in total. The molecule has 122 valence electrons. The van der Waals surface area contributed by atoms with Crippen LogP contribution in [0, 0.1) is 5.92 Å². The van der Waals surface area contributed by atoms with E-state index in [9.17, 15) is 0 Å². The largest absolute Gasteiger partial charge is 0.370 e. The molecule has 2 heterocycles. The minimum absolute atomic E-state index is 0.665. The zero-order valence-electron chi connectivity index (χ0n) is 13.5. The van der Waals surface area contributed by atoms with Gasteiger partial charge in [0.15, 0.2) is 5.82 Å². The topological polar surface area (TPSA) is 49.8 Å². The Kier molecular flexibility index (Phi) is 5.47. The van der Waals surface area contributed by atoms with Gasteiger partial charge in [-0.2, -0.15) is 0 Å². The third-order valence-corrected chi connectivity index (χ3v) is 4.43. The van der Waals surface area contributed by atoms with Crippen LogP contribution in [0.3, 0.4) is 0 Å². The number of aromatic nitrogens is 2. The highest BCUT2D eigenvalue weighted by Crippen LogP contribution is 2.22. The Morgan fingerprint density at radius 3 is 2.96 bits per heavy atom.